The van der Waals surface area contributed by atoms with Gasteiger partial charge in [-0.1, -0.05) is 23.2 Å². The number of aromatic nitrogens is 3. The summed E-state index contributed by atoms with van der Waals surface area (Å²) in [6.07, 6.45) is 4.87. The van der Waals surface area contributed by atoms with Crippen LogP contribution in [0, 0.1) is 0 Å². The fourth-order valence-corrected chi connectivity index (χ4v) is 2.73. The Hall–Kier alpha value is -2.61. The minimum Gasteiger partial charge on any atom is -0.437 e. The summed E-state index contributed by atoms with van der Waals surface area (Å²) in [4.78, 5) is 21.0. The van der Waals surface area contributed by atoms with E-state index in [2.05, 4.69) is 15.3 Å². The lowest BCUT2D eigenvalue weighted by Gasteiger charge is -2.12. The quantitative estimate of drug-likeness (QED) is 0.633. The predicted octanol–water partition coefficient (Wildman–Crippen LogP) is 4.28. The van der Waals surface area contributed by atoms with Gasteiger partial charge in [-0.05, 0) is 30.3 Å². The molecular formula is C18H16Cl2N4O3. The van der Waals surface area contributed by atoms with Gasteiger partial charge in [0, 0.05) is 37.3 Å². The van der Waals surface area contributed by atoms with Crippen molar-refractivity contribution >= 4 is 35.1 Å². The first-order chi connectivity index (χ1) is 13.1. The average molecular weight is 407 g/mol. The molecule has 0 unspecified atom stereocenters. The number of pyridine rings is 1. The molecule has 0 saturated heterocycles. The standard InChI is InChI=1S/C18H16Cl2N4O3/c1-26-10-9-24-8-7-22-18(24)23-16(25)13-3-2-6-21-17(13)27-15-5-4-12(19)11-14(15)20/h2-8,11H,9-10H2,1H3,(H,22,23,25). The van der Waals surface area contributed by atoms with E-state index in [4.69, 9.17) is 32.7 Å². The first kappa shape index (κ1) is 19.2. The molecule has 27 heavy (non-hydrogen) atoms. The number of carbonyl (C=O) groups is 1. The number of anilines is 1. The van der Waals surface area contributed by atoms with E-state index in [0.29, 0.717) is 34.9 Å². The van der Waals surface area contributed by atoms with Crippen molar-refractivity contribution < 1.29 is 14.3 Å². The van der Waals surface area contributed by atoms with Crippen LogP contribution in [-0.4, -0.2) is 34.2 Å². The van der Waals surface area contributed by atoms with Gasteiger partial charge >= 0.3 is 0 Å². The lowest BCUT2D eigenvalue weighted by molar-refractivity contribution is 0.102. The highest BCUT2D eigenvalue weighted by molar-refractivity contribution is 6.35. The van der Waals surface area contributed by atoms with E-state index >= 15 is 0 Å². The molecule has 1 N–H and O–H groups in total. The summed E-state index contributed by atoms with van der Waals surface area (Å²) in [6.45, 7) is 1.05. The molecule has 9 heteroatoms. The molecule has 0 aliphatic carbocycles. The molecule has 0 fully saturated rings. The zero-order chi connectivity index (χ0) is 19.2. The van der Waals surface area contributed by atoms with Crippen LogP contribution in [-0.2, 0) is 11.3 Å². The van der Waals surface area contributed by atoms with E-state index in [-0.39, 0.29) is 11.4 Å². The Balaban J connectivity index is 1.81. The minimum absolute atomic E-state index is 0.120. The highest BCUT2D eigenvalue weighted by Gasteiger charge is 2.17. The van der Waals surface area contributed by atoms with Crippen molar-refractivity contribution in [2.45, 2.75) is 6.54 Å². The summed E-state index contributed by atoms with van der Waals surface area (Å²) < 4.78 is 12.5. The number of amides is 1. The third-order valence-electron chi connectivity index (χ3n) is 3.59. The van der Waals surface area contributed by atoms with Gasteiger partial charge in [-0.25, -0.2) is 9.97 Å². The Kier molecular flexibility index (Phi) is 6.28. The second kappa shape index (κ2) is 8.85. The molecule has 1 aromatic carbocycles. The van der Waals surface area contributed by atoms with E-state index in [1.54, 1.807) is 54.4 Å². The van der Waals surface area contributed by atoms with Crippen LogP contribution in [0.2, 0.25) is 10.0 Å². The molecular weight excluding hydrogens is 391 g/mol. The topological polar surface area (TPSA) is 78.3 Å². The van der Waals surface area contributed by atoms with Crippen molar-refractivity contribution in [1.82, 2.24) is 14.5 Å². The third-order valence-corrected chi connectivity index (χ3v) is 4.12. The largest absolute Gasteiger partial charge is 0.437 e. The lowest BCUT2D eigenvalue weighted by Crippen LogP contribution is -2.18. The second-order valence-corrected chi connectivity index (χ2v) is 6.27. The summed E-state index contributed by atoms with van der Waals surface area (Å²) in [5.41, 5.74) is 0.241. The number of hydrogen-bond donors (Lipinski definition) is 1. The number of methoxy groups -OCH3 is 1. The van der Waals surface area contributed by atoms with Crippen molar-refractivity contribution in [3.8, 4) is 11.6 Å². The molecule has 3 aromatic rings. The molecule has 0 bridgehead atoms. The van der Waals surface area contributed by atoms with E-state index < -0.39 is 5.91 Å². The summed E-state index contributed by atoms with van der Waals surface area (Å²) in [6, 6.07) is 8.04. The van der Waals surface area contributed by atoms with Crippen molar-refractivity contribution in [2.75, 3.05) is 19.0 Å². The molecule has 140 valence electrons. The zero-order valence-corrected chi connectivity index (χ0v) is 15.9. The van der Waals surface area contributed by atoms with Crippen LogP contribution in [0.25, 0.3) is 0 Å². The van der Waals surface area contributed by atoms with E-state index in [1.807, 2.05) is 0 Å². The van der Waals surface area contributed by atoms with Gasteiger partial charge < -0.3 is 14.0 Å². The molecule has 0 radical (unpaired) electrons. The SMILES string of the molecule is COCCn1ccnc1NC(=O)c1cccnc1Oc1ccc(Cl)cc1Cl. The molecule has 3 rings (SSSR count). The molecule has 2 heterocycles. The number of benzene rings is 1. The summed E-state index contributed by atoms with van der Waals surface area (Å²) in [7, 11) is 1.61. The maximum absolute atomic E-state index is 12.7. The van der Waals surface area contributed by atoms with Crippen LogP contribution in [0.4, 0.5) is 5.95 Å². The fraction of sp³-hybridized carbons (Fsp3) is 0.167. The molecule has 2 aromatic heterocycles. The maximum Gasteiger partial charge on any atom is 0.263 e. The molecule has 0 aliphatic rings. The molecule has 7 nitrogen and oxygen atoms in total. The van der Waals surface area contributed by atoms with Crippen LogP contribution in [0.3, 0.4) is 0 Å². The van der Waals surface area contributed by atoms with Crippen LogP contribution < -0.4 is 10.1 Å². The van der Waals surface area contributed by atoms with Crippen molar-refractivity contribution in [1.29, 1.82) is 0 Å². The molecule has 0 saturated carbocycles. The van der Waals surface area contributed by atoms with Crippen LogP contribution in [0.1, 0.15) is 10.4 Å². The Bertz CT molecular complexity index is 946. The first-order valence-electron chi connectivity index (χ1n) is 7.98. The first-order valence-corrected chi connectivity index (χ1v) is 8.73. The minimum atomic E-state index is -0.409. The van der Waals surface area contributed by atoms with Gasteiger partial charge in [-0.2, -0.15) is 0 Å². The van der Waals surface area contributed by atoms with Gasteiger partial charge in [-0.3, -0.25) is 10.1 Å². The monoisotopic (exact) mass is 406 g/mol. The Labute approximate surface area is 165 Å². The molecule has 0 atom stereocenters. The fourth-order valence-electron chi connectivity index (χ4n) is 2.28. The van der Waals surface area contributed by atoms with E-state index in [1.165, 1.54) is 6.20 Å². The molecule has 0 spiro atoms. The van der Waals surface area contributed by atoms with Crippen molar-refractivity contribution in [3.05, 3.63) is 64.5 Å². The lowest BCUT2D eigenvalue weighted by atomic mass is 10.2. The summed E-state index contributed by atoms with van der Waals surface area (Å²) in [5.74, 6) is 0.453. The number of ether oxygens (including phenoxy) is 2. The highest BCUT2D eigenvalue weighted by atomic mass is 35.5. The molecule has 0 aliphatic heterocycles. The number of imidazole rings is 1. The summed E-state index contributed by atoms with van der Waals surface area (Å²) >= 11 is 12.0. The van der Waals surface area contributed by atoms with Gasteiger partial charge in [0.25, 0.3) is 5.91 Å². The highest BCUT2D eigenvalue weighted by Crippen LogP contribution is 2.32. The van der Waals surface area contributed by atoms with Crippen molar-refractivity contribution in [3.63, 3.8) is 0 Å². The van der Waals surface area contributed by atoms with Gasteiger partial charge in [0.2, 0.25) is 11.8 Å². The normalized spacial score (nSPS) is 10.6. The van der Waals surface area contributed by atoms with Crippen LogP contribution in [0.5, 0.6) is 11.6 Å². The number of nitrogens with zero attached hydrogens (tertiary/aromatic N) is 3. The maximum atomic E-state index is 12.7. The van der Waals surface area contributed by atoms with E-state index in [9.17, 15) is 4.79 Å². The number of halogens is 2. The van der Waals surface area contributed by atoms with Crippen LogP contribution in [0.15, 0.2) is 48.9 Å². The third kappa shape index (κ3) is 4.77. The van der Waals surface area contributed by atoms with Gasteiger partial charge in [0.15, 0.2) is 0 Å². The molecule has 1 amide bonds. The number of nitrogens with one attached hydrogen (secondary N) is 1. The predicted molar refractivity (Wildman–Crippen MR) is 103 cm³/mol. The second-order valence-electron chi connectivity index (χ2n) is 5.42. The Morgan fingerprint density at radius 1 is 1.22 bits per heavy atom. The van der Waals surface area contributed by atoms with E-state index in [0.717, 1.165) is 0 Å². The number of rotatable bonds is 7. The number of hydrogen-bond acceptors (Lipinski definition) is 5. The number of carbonyl (C=O) groups excluding carboxylic acids is 1. The average Bonchev–Trinajstić information content (AvgIpc) is 3.09. The Morgan fingerprint density at radius 3 is 2.85 bits per heavy atom. The zero-order valence-electron chi connectivity index (χ0n) is 14.4. The van der Waals surface area contributed by atoms with Crippen molar-refractivity contribution in [2.24, 2.45) is 0 Å². The Morgan fingerprint density at radius 2 is 2.07 bits per heavy atom. The smallest absolute Gasteiger partial charge is 0.263 e. The van der Waals surface area contributed by atoms with Gasteiger partial charge in [0.1, 0.15) is 11.3 Å². The van der Waals surface area contributed by atoms with Gasteiger partial charge in [-0.15, -0.1) is 0 Å². The van der Waals surface area contributed by atoms with Gasteiger partial charge in [0.05, 0.1) is 11.6 Å². The summed E-state index contributed by atoms with van der Waals surface area (Å²) in [5, 5.41) is 3.54. The van der Waals surface area contributed by atoms with Crippen LogP contribution >= 0.6 is 23.2 Å².